The van der Waals surface area contributed by atoms with Gasteiger partial charge in [0, 0.05) is 12.8 Å². The van der Waals surface area contributed by atoms with Gasteiger partial charge in [-0.25, -0.2) is 0 Å². The highest BCUT2D eigenvalue weighted by Crippen LogP contribution is 2.20. The Morgan fingerprint density at radius 2 is 2.00 bits per heavy atom. The van der Waals surface area contributed by atoms with E-state index < -0.39 is 0 Å². The molecule has 2 aromatic rings. The van der Waals surface area contributed by atoms with Crippen molar-refractivity contribution in [3.8, 4) is 0 Å². The van der Waals surface area contributed by atoms with Gasteiger partial charge in [-0.2, -0.15) is 0 Å². The van der Waals surface area contributed by atoms with Gasteiger partial charge >= 0.3 is 0 Å². The molecule has 0 saturated carbocycles. The standard InChI is InChI=1S/C17H21NO/c1-3-12-17(2,16-10-7-14-19-16)18-13-11-15-8-5-4-6-9-15/h3-10,14,18H,1,11-13H2,2H3/p+1/t17-/m1/s1. The van der Waals surface area contributed by atoms with Crippen LogP contribution in [0.4, 0.5) is 0 Å². The average molecular weight is 256 g/mol. The molecular weight excluding hydrogens is 234 g/mol. The Kier molecular flexibility index (Phi) is 4.58. The fourth-order valence-corrected chi connectivity index (χ4v) is 2.39. The molecule has 2 rings (SSSR count). The third-order valence-electron chi connectivity index (χ3n) is 3.52. The number of nitrogens with two attached hydrogens (primary N) is 1. The largest absolute Gasteiger partial charge is 0.463 e. The highest BCUT2D eigenvalue weighted by molar-refractivity contribution is 5.14. The topological polar surface area (TPSA) is 29.8 Å². The van der Waals surface area contributed by atoms with Crippen molar-refractivity contribution in [2.24, 2.45) is 0 Å². The maximum atomic E-state index is 5.57. The molecule has 2 nitrogen and oxygen atoms in total. The summed E-state index contributed by atoms with van der Waals surface area (Å²) in [6.45, 7) is 7.10. The lowest BCUT2D eigenvalue weighted by Gasteiger charge is -2.24. The summed E-state index contributed by atoms with van der Waals surface area (Å²) in [7, 11) is 0. The number of quaternary nitrogens is 1. The number of benzene rings is 1. The van der Waals surface area contributed by atoms with Crippen molar-refractivity contribution in [3.05, 3.63) is 72.7 Å². The summed E-state index contributed by atoms with van der Waals surface area (Å²) in [5.74, 6) is 1.01. The lowest BCUT2D eigenvalue weighted by Crippen LogP contribution is -2.94. The second kappa shape index (κ2) is 6.39. The molecule has 0 unspecified atom stereocenters. The van der Waals surface area contributed by atoms with E-state index in [9.17, 15) is 0 Å². The van der Waals surface area contributed by atoms with E-state index in [0.717, 1.165) is 25.1 Å². The highest BCUT2D eigenvalue weighted by Gasteiger charge is 2.31. The van der Waals surface area contributed by atoms with Gasteiger partial charge in [-0.15, -0.1) is 6.58 Å². The minimum absolute atomic E-state index is 0.0555. The fourth-order valence-electron chi connectivity index (χ4n) is 2.39. The zero-order valence-electron chi connectivity index (χ0n) is 11.5. The van der Waals surface area contributed by atoms with Crippen LogP contribution in [0.2, 0.25) is 0 Å². The van der Waals surface area contributed by atoms with E-state index in [4.69, 9.17) is 4.42 Å². The van der Waals surface area contributed by atoms with Crippen molar-refractivity contribution in [3.63, 3.8) is 0 Å². The Morgan fingerprint density at radius 3 is 2.63 bits per heavy atom. The first-order valence-electron chi connectivity index (χ1n) is 6.78. The van der Waals surface area contributed by atoms with Crippen LogP contribution in [0.15, 0.2) is 65.8 Å². The molecule has 0 fully saturated rings. The van der Waals surface area contributed by atoms with Crippen LogP contribution in [0, 0.1) is 0 Å². The van der Waals surface area contributed by atoms with Crippen molar-refractivity contribution in [1.29, 1.82) is 0 Å². The van der Waals surface area contributed by atoms with Crippen molar-refractivity contribution in [2.75, 3.05) is 6.54 Å². The predicted molar refractivity (Wildman–Crippen MR) is 77.8 cm³/mol. The van der Waals surface area contributed by atoms with Gasteiger partial charge in [-0.3, -0.25) is 0 Å². The molecule has 2 heteroatoms. The Balaban J connectivity index is 1.96. The van der Waals surface area contributed by atoms with E-state index >= 15 is 0 Å². The second-order valence-corrected chi connectivity index (χ2v) is 5.12. The Labute approximate surface area is 115 Å². The lowest BCUT2D eigenvalue weighted by atomic mass is 9.94. The normalized spacial score (nSPS) is 13.9. The summed E-state index contributed by atoms with van der Waals surface area (Å²) in [6.07, 6.45) is 5.66. The number of hydrogen-bond acceptors (Lipinski definition) is 1. The molecule has 100 valence electrons. The third kappa shape index (κ3) is 3.58. The zero-order chi connectivity index (χ0) is 13.6. The van der Waals surface area contributed by atoms with Gasteiger partial charge in [0.2, 0.25) is 0 Å². The average Bonchev–Trinajstić information content (AvgIpc) is 2.95. The van der Waals surface area contributed by atoms with Crippen molar-refractivity contribution in [1.82, 2.24) is 0 Å². The fraction of sp³-hybridized carbons (Fsp3) is 0.294. The van der Waals surface area contributed by atoms with Gasteiger partial charge in [-0.05, 0) is 24.6 Å². The van der Waals surface area contributed by atoms with Gasteiger partial charge in [0.1, 0.15) is 0 Å². The molecule has 1 atom stereocenters. The molecule has 1 aromatic carbocycles. The van der Waals surface area contributed by atoms with E-state index in [2.05, 4.69) is 49.2 Å². The van der Waals surface area contributed by atoms with Crippen molar-refractivity contribution >= 4 is 0 Å². The van der Waals surface area contributed by atoms with Crippen LogP contribution in [0.3, 0.4) is 0 Å². The van der Waals surface area contributed by atoms with Crippen molar-refractivity contribution in [2.45, 2.75) is 25.3 Å². The first-order chi connectivity index (χ1) is 9.24. The summed E-state index contributed by atoms with van der Waals surface area (Å²) < 4.78 is 5.57. The number of furan rings is 1. The minimum Gasteiger partial charge on any atom is -0.463 e. The van der Waals surface area contributed by atoms with Gasteiger partial charge in [0.25, 0.3) is 0 Å². The monoisotopic (exact) mass is 256 g/mol. The molecule has 19 heavy (non-hydrogen) atoms. The summed E-state index contributed by atoms with van der Waals surface area (Å²) in [6, 6.07) is 14.6. The molecule has 0 aliphatic heterocycles. The van der Waals surface area contributed by atoms with Crippen LogP contribution in [-0.4, -0.2) is 6.54 Å². The molecule has 0 spiro atoms. The van der Waals surface area contributed by atoms with Gasteiger partial charge in [0.05, 0.1) is 12.8 Å². The molecule has 0 radical (unpaired) electrons. The minimum atomic E-state index is -0.0555. The van der Waals surface area contributed by atoms with E-state index in [1.807, 2.05) is 18.2 Å². The van der Waals surface area contributed by atoms with Gasteiger partial charge in [-0.1, -0.05) is 36.4 Å². The van der Waals surface area contributed by atoms with E-state index in [0.29, 0.717) is 0 Å². The predicted octanol–water partition coefficient (Wildman–Crippen LogP) is 2.88. The Bertz CT molecular complexity index is 489. The maximum Gasteiger partial charge on any atom is 0.164 e. The Morgan fingerprint density at radius 1 is 1.21 bits per heavy atom. The van der Waals surface area contributed by atoms with Crippen molar-refractivity contribution < 1.29 is 9.73 Å². The summed E-state index contributed by atoms with van der Waals surface area (Å²) >= 11 is 0. The molecular formula is C17H22NO+. The van der Waals surface area contributed by atoms with Crippen LogP contribution >= 0.6 is 0 Å². The van der Waals surface area contributed by atoms with Crippen LogP contribution in [0.1, 0.15) is 24.7 Å². The van der Waals surface area contributed by atoms with Crippen LogP contribution in [-0.2, 0) is 12.0 Å². The maximum absolute atomic E-state index is 5.57. The van der Waals surface area contributed by atoms with Crippen LogP contribution < -0.4 is 5.32 Å². The van der Waals surface area contributed by atoms with Crippen LogP contribution in [0.25, 0.3) is 0 Å². The molecule has 2 N–H and O–H groups in total. The van der Waals surface area contributed by atoms with E-state index in [1.54, 1.807) is 6.26 Å². The summed E-state index contributed by atoms with van der Waals surface area (Å²) in [4.78, 5) is 0. The lowest BCUT2D eigenvalue weighted by molar-refractivity contribution is -0.734. The summed E-state index contributed by atoms with van der Waals surface area (Å²) in [5.41, 5.74) is 1.32. The SMILES string of the molecule is C=CC[C@@](C)([NH2+]CCc1ccccc1)c1ccco1. The quantitative estimate of drug-likeness (QED) is 0.758. The van der Waals surface area contributed by atoms with Gasteiger partial charge in [0.15, 0.2) is 11.3 Å². The molecule has 0 aliphatic rings. The highest BCUT2D eigenvalue weighted by atomic mass is 16.3. The second-order valence-electron chi connectivity index (χ2n) is 5.12. The number of hydrogen-bond donors (Lipinski definition) is 1. The molecule has 1 aromatic heterocycles. The number of rotatable bonds is 7. The van der Waals surface area contributed by atoms with E-state index in [-0.39, 0.29) is 5.54 Å². The Hall–Kier alpha value is -1.80. The van der Waals surface area contributed by atoms with E-state index in [1.165, 1.54) is 5.56 Å². The molecule has 0 bridgehead atoms. The van der Waals surface area contributed by atoms with Crippen LogP contribution in [0.5, 0.6) is 0 Å². The molecule has 0 amide bonds. The molecule has 0 saturated heterocycles. The smallest absolute Gasteiger partial charge is 0.164 e. The zero-order valence-corrected chi connectivity index (χ0v) is 11.5. The van der Waals surface area contributed by atoms with Gasteiger partial charge < -0.3 is 9.73 Å². The molecule has 0 aliphatic carbocycles. The summed E-state index contributed by atoms with van der Waals surface area (Å²) in [5, 5.41) is 2.35. The first-order valence-corrected chi connectivity index (χ1v) is 6.78. The third-order valence-corrected chi connectivity index (χ3v) is 3.52. The molecule has 1 heterocycles. The first kappa shape index (κ1) is 13.6.